The smallest absolute Gasteiger partial charge is 0.251 e. The Morgan fingerprint density at radius 2 is 1.96 bits per heavy atom. The number of carbonyl (C=O) groups is 2. The van der Waals surface area contributed by atoms with Gasteiger partial charge in [0, 0.05) is 29.7 Å². The summed E-state index contributed by atoms with van der Waals surface area (Å²) in [6.45, 7) is 5.28. The van der Waals surface area contributed by atoms with Crippen LogP contribution in [0.25, 0.3) is 0 Å². The number of halogens is 2. The molecule has 0 saturated carbocycles. The monoisotopic (exact) mass is 373 g/mol. The summed E-state index contributed by atoms with van der Waals surface area (Å²) in [6.07, 6.45) is 1.41. The van der Waals surface area contributed by atoms with Gasteiger partial charge in [-0.25, -0.2) is 0 Å². The molecule has 3 N–H and O–H groups in total. The molecule has 1 saturated heterocycles. The topological polar surface area (TPSA) is 75.4 Å². The Hall–Kier alpha value is -1.30. The van der Waals surface area contributed by atoms with Crippen LogP contribution in [0.15, 0.2) is 24.3 Å². The van der Waals surface area contributed by atoms with Gasteiger partial charge in [0.1, 0.15) is 6.04 Å². The summed E-state index contributed by atoms with van der Waals surface area (Å²) >= 11 is 5.84. The summed E-state index contributed by atoms with van der Waals surface area (Å²) < 4.78 is 0. The first kappa shape index (κ1) is 20.7. The van der Waals surface area contributed by atoms with Crippen molar-refractivity contribution in [2.24, 2.45) is 11.7 Å². The third kappa shape index (κ3) is 5.65. The van der Waals surface area contributed by atoms with E-state index in [9.17, 15) is 9.59 Å². The van der Waals surface area contributed by atoms with Crippen LogP contribution in [0.4, 0.5) is 0 Å². The van der Waals surface area contributed by atoms with Crippen LogP contribution in [0.2, 0.25) is 5.02 Å². The van der Waals surface area contributed by atoms with Crippen LogP contribution >= 0.6 is 24.0 Å². The maximum Gasteiger partial charge on any atom is 0.251 e. The van der Waals surface area contributed by atoms with Gasteiger partial charge in [-0.2, -0.15) is 0 Å². The summed E-state index contributed by atoms with van der Waals surface area (Å²) in [4.78, 5) is 26.8. The van der Waals surface area contributed by atoms with E-state index < -0.39 is 6.04 Å². The molecule has 1 fully saturated rings. The minimum atomic E-state index is -0.525. The van der Waals surface area contributed by atoms with Crippen molar-refractivity contribution in [3.8, 4) is 0 Å². The average Bonchev–Trinajstić information content (AvgIpc) is 2.92. The Morgan fingerprint density at radius 3 is 2.46 bits per heavy atom. The van der Waals surface area contributed by atoms with E-state index >= 15 is 0 Å². The third-order valence-electron chi connectivity index (χ3n) is 3.95. The van der Waals surface area contributed by atoms with E-state index in [-0.39, 0.29) is 30.3 Å². The lowest BCUT2D eigenvalue weighted by atomic mass is 10.0. The standard InChI is InChI=1S/C17H24ClN3O2.ClH/c1-11(2)9-15(17(23)21-8-7-14(19)10-21)20-16(22)12-3-5-13(18)6-4-12;/h3-6,11,14-15H,7-10,19H2,1-2H3,(H,20,22);1H/t14-,15?;/m1./s1. The van der Waals surface area contributed by atoms with E-state index in [4.69, 9.17) is 17.3 Å². The molecule has 1 aromatic rings. The van der Waals surface area contributed by atoms with Gasteiger partial charge in [-0.15, -0.1) is 12.4 Å². The Labute approximate surface area is 154 Å². The zero-order chi connectivity index (χ0) is 17.0. The summed E-state index contributed by atoms with van der Waals surface area (Å²) in [7, 11) is 0. The number of nitrogens with one attached hydrogen (secondary N) is 1. The normalized spacial score (nSPS) is 18.2. The van der Waals surface area contributed by atoms with Crippen molar-refractivity contribution in [1.82, 2.24) is 10.2 Å². The van der Waals surface area contributed by atoms with Gasteiger partial charge in [0.15, 0.2) is 0 Å². The van der Waals surface area contributed by atoms with Gasteiger partial charge in [0.25, 0.3) is 5.91 Å². The van der Waals surface area contributed by atoms with Crippen molar-refractivity contribution < 1.29 is 9.59 Å². The SMILES string of the molecule is CC(C)CC(NC(=O)c1ccc(Cl)cc1)C(=O)N1CC[C@@H](N)C1.Cl. The van der Waals surface area contributed by atoms with E-state index in [0.717, 1.165) is 6.42 Å². The highest BCUT2D eigenvalue weighted by Crippen LogP contribution is 2.15. The van der Waals surface area contributed by atoms with Gasteiger partial charge in [-0.3, -0.25) is 9.59 Å². The van der Waals surface area contributed by atoms with E-state index in [1.54, 1.807) is 29.2 Å². The second-order valence-corrected chi connectivity index (χ2v) is 6.93. The molecule has 0 aliphatic carbocycles. The molecular formula is C17H25Cl2N3O2. The van der Waals surface area contributed by atoms with Gasteiger partial charge >= 0.3 is 0 Å². The molecular weight excluding hydrogens is 349 g/mol. The minimum Gasteiger partial charge on any atom is -0.340 e. The Bertz CT molecular complexity index is 563. The molecule has 1 unspecified atom stereocenters. The molecule has 0 bridgehead atoms. The molecule has 7 heteroatoms. The fourth-order valence-corrected chi connectivity index (χ4v) is 2.87. The van der Waals surface area contributed by atoms with Crippen molar-refractivity contribution in [2.45, 2.75) is 38.8 Å². The molecule has 134 valence electrons. The van der Waals surface area contributed by atoms with Crippen molar-refractivity contribution in [2.75, 3.05) is 13.1 Å². The highest BCUT2D eigenvalue weighted by Gasteiger charge is 2.30. The average molecular weight is 374 g/mol. The summed E-state index contributed by atoms with van der Waals surface area (Å²) in [5.41, 5.74) is 6.37. The maximum absolute atomic E-state index is 12.7. The van der Waals surface area contributed by atoms with Crippen LogP contribution in [-0.4, -0.2) is 41.9 Å². The van der Waals surface area contributed by atoms with Gasteiger partial charge in [-0.05, 0) is 43.0 Å². The molecule has 2 rings (SSSR count). The second kappa shape index (κ2) is 9.25. The number of amides is 2. The van der Waals surface area contributed by atoms with Gasteiger partial charge < -0.3 is 16.0 Å². The first-order valence-corrected chi connectivity index (χ1v) is 8.35. The lowest BCUT2D eigenvalue weighted by Gasteiger charge is -2.25. The lowest BCUT2D eigenvalue weighted by Crippen LogP contribution is -2.49. The number of likely N-dealkylation sites (tertiary alicyclic amines) is 1. The van der Waals surface area contributed by atoms with Crippen molar-refractivity contribution >= 4 is 35.8 Å². The first-order chi connectivity index (χ1) is 10.9. The Kier molecular flexibility index (Phi) is 8.00. The summed E-state index contributed by atoms with van der Waals surface area (Å²) in [5.74, 6) is -0.0103. The van der Waals surface area contributed by atoms with E-state index in [2.05, 4.69) is 5.32 Å². The Morgan fingerprint density at radius 1 is 1.33 bits per heavy atom. The lowest BCUT2D eigenvalue weighted by molar-refractivity contribution is -0.132. The predicted molar refractivity (Wildman–Crippen MR) is 98.6 cm³/mol. The molecule has 2 amide bonds. The van der Waals surface area contributed by atoms with Gasteiger partial charge in [0.05, 0.1) is 0 Å². The molecule has 0 radical (unpaired) electrons. The number of benzene rings is 1. The number of carbonyl (C=O) groups excluding carboxylic acids is 2. The van der Waals surface area contributed by atoms with Crippen LogP contribution in [0, 0.1) is 5.92 Å². The van der Waals surface area contributed by atoms with Gasteiger partial charge in [-0.1, -0.05) is 25.4 Å². The number of rotatable bonds is 5. The number of hydrogen-bond acceptors (Lipinski definition) is 3. The van der Waals surface area contributed by atoms with Crippen molar-refractivity contribution in [1.29, 1.82) is 0 Å². The van der Waals surface area contributed by atoms with Crippen molar-refractivity contribution in [3.63, 3.8) is 0 Å². The zero-order valence-electron chi connectivity index (χ0n) is 14.0. The van der Waals surface area contributed by atoms with Crippen LogP contribution in [0.3, 0.4) is 0 Å². The van der Waals surface area contributed by atoms with Crippen molar-refractivity contribution in [3.05, 3.63) is 34.9 Å². The molecule has 5 nitrogen and oxygen atoms in total. The van der Waals surface area contributed by atoms with Crippen LogP contribution in [0.5, 0.6) is 0 Å². The van der Waals surface area contributed by atoms with Crippen LogP contribution in [-0.2, 0) is 4.79 Å². The van der Waals surface area contributed by atoms with E-state index in [1.807, 2.05) is 13.8 Å². The second-order valence-electron chi connectivity index (χ2n) is 6.50. The number of nitrogens with zero attached hydrogens (tertiary/aromatic N) is 1. The van der Waals surface area contributed by atoms with Gasteiger partial charge in [0.2, 0.25) is 5.91 Å². The molecule has 0 spiro atoms. The maximum atomic E-state index is 12.7. The highest BCUT2D eigenvalue weighted by atomic mass is 35.5. The highest BCUT2D eigenvalue weighted by molar-refractivity contribution is 6.30. The molecule has 0 aromatic heterocycles. The molecule has 1 aliphatic heterocycles. The largest absolute Gasteiger partial charge is 0.340 e. The summed E-state index contributed by atoms with van der Waals surface area (Å²) in [6, 6.07) is 6.14. The third-order valence-corrected chi connectivity index (χ3v) is 4.21. The molecule has 2 atom stereocenters. The summed E-state index contributed by atoms with van der Waals surface area (Å²) in [5, 5.41) is 3.43. The number of hydrogen-bond donors (Lipinski definition) is 2. The molecule has 24 heavy (non-hydrogen) atoms. The molecule has 1 heterocycles. The molecule has 1 aliphatic rings. The van der Waals surface area contributed by atoms with E-state index in [0.29, 0.717) is 36.0 Å². The predicted octanol–water partition coefficient (Wildman–Crippen LogP) is 2.47. The quantitative estimate of drug-likeness (QED) is 0.832. The number of nitrogens with two attached hydrogens (primary N) is 1. The minimum absolute atomic E-state index is 0. The fourth-order valence-electron chi connectivity index (χ4n) is 2.74. The fraction of sp³-hybridized carbons (Fsp3) is 0.529. The zero-order valence-corrected chi connectivity index (χ0v) is 15.6. The molecule has 1 aromatic carbocycles. The van der Waals surface area contributed by atoms with Crippen LogP contribution in [0.1, 0.15) is 37.0 Å². The van der Waals surface area contributed by atoms with E-state index in [1.165, 1.54) is 0 Å². The Balaban J connectivity index is 0.00000288. The van der Waals surface area contributed by atoms with Crippen LogP contribution < -0.4 is 11.1 Å². The first-order valence-electron chi connectivity index (χ1n) is 7.97.